The summed E-state index contributed by atoms with van der Waals surface area (Å²) in [6.45, 7) is 1.13. The first-order chi connectivity index (χ1) is 15.4. The summed E-state index contributed by atoms with van der Waals surface area (Å²) >= 11 is 6.28. The summed E-state index contributed by atoms with van der Waals surface area (Å²) in [4.78, 5) is 13.3. The van der Waals surface area contributed by atoms with Crippen molar-refractivity contribution >= 4 is 52.3 Å². The van der Waals surface area contributed by atoms with E-state index in [0.717, 1.165) is 10.9 Å². The molecule has 2 aromatic carbocycles. The molecule has 0 bridgehead atoms. The van der Waals surface area contributed by atoms with Gasteiger partial charge in [-0.2, -0.15) is 10.4 Å². The fourth-order valence-corrected chi connectivity index (χ4v) is 4.41. The molecule has 0 amide bonds. The zero-order valence-corrected chi connectivity index (χ0v) is 19.5. The molecule has 0 atom stereocenters. The zero-order chi connectivity index (χ0) is 22.8. The Morgan fingerprint density at radius 3 is 2.64 bits per heavy atom. The summed E-state index contributed by atoms with van der Waals surface area (Å²) < 4.78 is 5.22. The van der Waals surface area contributed by atoms with Crippen molar-refractivity contribution in [3.05, 3.63) is 52.2 Å². The number of nitrogen functional groups attached to an aromatic ring is 1. The minimum Gasteiger partial charge on any atom is -0.495 e. The van der Waals surface area contributed by atoms with Crippen molar-refractivity contribution in [1.29, 1.82) is 5.26 Å². The average Bonchev–Trinajstić information content (AvgIpc) is 2.79. The normalized spacial score (nSPS) is 13.9. The highest BCUT2D eigenvalue weighted by atomic mass is 35.5. The van der Waals surface area contributed by atoms with E-state index in [2.05, 4.69) is 16.3 Å². The quantitative estimate of drug-likeness (QED) is 0.515. The second-order valence-corrected chi connectivity index (χ2v) is 8.18. The van der Waals surface area contributed by atoms with Gasteiger partial charge in [-0.1, -0.05) is 17.7 Å². The van der Waals surface area contributed by atoms with E-state index in [4.69, 9.17) is 22.1 Å². The van der Waals surface area contributed by atoms with E-state index >= 15 is 0 Å². The minimum absolute atomic E-state index is 0. The number of carboxylic acid groups (broad SMARTS) is 1. The highest BCUT2D eigenvalue weighted by molar-refractivity contribution is 6.32. The molecule has 33 heavy (non-hydrogen) atoms. The number of methoxy groups -OCH3 is 1. The fourth-order valence-electron chi connectivity index (χ4n) is 4.13. The molecule has 2 heterocycles. The van der Waals surface area contributed by atoms with Crippen molar-refractivity contribution < 1.29 is 14.6 Å². The van der Waals surface area contributed by atoms with Crippen LogP contribution in [0.15, 0.2) is 30.3 Å². The zero-order valence-electron chi connectivity index (χ0n) is 17.9. The van der Waals surface area contributed by atoms with Crippen LogP contribution in [0.2, 0.25) is 5.02 Å². The molecule has 1 fully saturated rings. The molecule has 1 aliphatic rings. The van der Waals surface area contributed by atoms with Crippen LogP contribution in [0.3, 0.4) is 0 Å². The Hall–Kier alpha value is -3.28. The first kappa shape index (κ1) is 24.4. The first-order valence-corrected chi connectivity index (χ1v) is 10.6. The number of nitrogens with two attached hydrogens (primary N) is 1. The molecular weight excluding hydrogens is 465 g/mol. The van der Waals surface area contributed by atoms with Crippen LogP contribution in [-0.4, -0.2) is 41.5 Å². The molecule has 1 saturated heterocycles. The van der Waals surface area contributed by atoms with Gasteiger partial charge in [-0.05, 0) is 42.7 Å². The van der Waals surface area contributed by atoms with Crippen LogP contribution in [-0.2, 0) is 11.2 Å². The Labute approximate surface area is 202 Å². The Morgan fingerprint density at radius 2 is 2.03 bits per heavy atom. The Morgan fingerprint density at radius 1 is 1.30 bits per heavy atom. The van der Waals surface area contributed by atoms with Gasteiger partial charge in [-0.15, -0.1) is 17.5 Å². The van der Waals surface area contributed by atoms with E-state index in [-0.39, 0.29) is 18.3 Å². The van der Waals surface area contributed by atoms with Crippen molar-refractivity contribution in [3.63, 3.8) is 0 Å². The highest BCUT2D eigenvalue weighted by Gasteiger charge is 2.27. The molecule has 10 heteroatoms. The molecule has 4 rings (SSSR count). The summed E-state index contributed by atoms with van der Waals surface area (Å²) in [5.41, 5.74) is 8.66. The first-order valence-electron chi connectivity index (χ1n) is 10.2. The standard InChI is InChI=1S/C23H22ClN5O3.ClH/c1-32-19-5-2-13(10-17(19)24)11-18-20-16(4-3-15(12-25)21(20)26)22(28-27-18)29-8-6-14(7-9-29)23(30)31;/h2-5,10,14H,6-9,11,26H2,1H3,(H,30,31);1H. The van der Waals surface area contributed by atoms with Gasteiger partial charge in [0.05, 0.1) is 35.0 Å². The average molecular weight is 488 g/mol. The van der Waals surface area contributed by atoms with Crippen LogP contribution < -0.4 is 15.4 Å². The van der Waals surface area contributed by atoms with E-state index in [1.165, 1.54) is 0 Å². The number of nitriles is 1. The molecule has 8 nitrogen and oxygen atoms in total. The largest absolute Gasteiger partial charge is 0.495 e. The topological polar surface area (TPSA) is 125 Å². The van der Waals surface area contributed by atoms with Gasteiger partial charge in [0, 0.05) is 30.3 Å². The molecule has 0 radical (unpaired) electrons. The van der Waals surface area contributed by atoms with Gasteiger partial charge in [0.25, 0.3) is 0 Å². The summed E-state index contributed by atoms with van der Waals surface area (Å²) in [5, 5.41) is 29.7. The lowest BCUT2D eigenvalue weighted by molar-refractivity contribution is -0.142. The SMILES string of the molecule is COc1ccc(Cc2nnc(N3CCC(C(=O)O)CC3)c3ccc(C#N)c(N)c23)cc1Cl.Cl. The van der Waals surface area contributed by atoms with E-state index in [1.807, 2.05) is 23.1 Å². The number of aliphatic carboxylic acids is 1. The molecule has 0 saturated carbocycles. The van der Waals surface area contributed by atoms with Gasteiger partial charge in [-0.25, -0.2) is 0 Å². The van der Waals surface area contributed by atoms with E-state index < -0.39 is 5.97 Å². The van der Waals surface area contributed by atoms with Crippen molar-refractivity contribution in [3.8, 4) is 11.8 Å². The molecule has 3 N–H and O–H groups in total. The van der Waals surface area contributed by atoms with Gasteiger partial charge in [0.15, 0.2) is 5.82 Å². The number of ether oxygens (including phenoxy) is 1. The predicted molar refractivity (Wildman–Crippen MR) is 129 cm³/mol. The van der Waals surface area contributed by atoms with E-state index in [1.54, 1.807) is 19.2 Å². The number of piperidine rings is 1. The number of anilines is 2. The summed E-state index contributed by atoms with van der Waals surface area (Å²) in [5.74, 6) is 0.117. The smallest absolute Gasteiger partial charge is 0.306 e. The fraction of sp³-hybridized carbons (Fsp3) is 0.304. The second kappa shape index (κ2) is 10.1. The van der Waals surface area contributed by atoms with Gasteiger partial charge in [0.1, 0.15) is 11.8 Å². The lowest BCUT2D eigenvalue weighted by Crippen LogP contribution is -2.37. The summed E-state index contributed by atoms with van der Waals surface area (Å²) in [7, 11) is 1.56. The molecule has 3 aromatic rings. The lowest BCUT2D eigenvalue weighted by Gasteiger charge is -2.31. The summed E-state index contributed by atoms with van der Waals surface area (Å²) in [6, 6.07) is 11.1. The third kappa shape index (κ3) is 4.75. The number of hydrogen-bond acceptors (Lipinski definition) is 7. The van der Waals surface area contributed by atoms with Gasteiger partial charge in [-0.3, -0.25) is 4.79 Å². The molecule has 0 unspecified atom stereocenters. The van der Waals surface area contributed by atoms with Crippen molar-refractivity contribution in [2.45, 2.75) is 19.3 Å². The molecule has 172 valence electrons. The van der Waals surface area contributed by atoms with Crippen LogP contribution in [0.4, 0.5) is 11.5 Å². The maximum Gasteiger partial charge on any atom is 0.306 e. The van der Waals surface area contributed by atoms with Crippen molar-refractivity contribution in [1.82, 2.24) is 10.2 Å². The number of fused-ring (bicyclic) bond motifs is 1. The maximum absolute atomic E-state index is 11.3. The van der Waals surface area contributed by atoms with E-state index in [0.29, 0.717) is 71.3 Å². The number of benzene rings is 2. The number of halogens is 2. The van der Waals surface area contributed by atoms with Crippen LogP contribution in [0, 0.1) is 17.2 Å². The second-order valence-electron chi connectivity index (χ2n) is 7.78. The number of carboxylic acids is 1. The third-order valence-electron chi connectivity index (χ3n) is 5.89. The number of nitrogens with zero attached hydrogens (tertiary/aromatic N) is 4. The molecule has 0 spiro atoms. The Bertz CT molecular complexity index is 1240. The molecule has 0 aliphatic carbocycles. The van der Waals surface area contributed by atoms with Crippen LogP contribution >= 0.6 is 24.0 Å². The number of aromatic nitrogens is 2. The monoisotopic (exact) mass is 487 g/mol. The van der Waals surface area contributed by atoms with E-state index in [9.17, 15) is 15.2 Å². The predicted octanol–water partition coefficient (Wildman–Crippen LogP) is 4.06. The van der Waals surface area contributed by atoms with Gasteiger partial charge < -0.3 is 20.5 Å². The maximum atomic E-state index is 11.3. The minimum atomic E-state index is -0.767. The van der Waals surface area contributed by atoms with Crippen LogP contribution in [0.5, 0.6) is 5.75 Å². The van der Waals surface area contributed by atoms with Crippen molar-refractivity contribution in [2.75, 3.05) is 30.8 Å². The lowest BCUT2D eigenvalue weighted by atomic mass is 9.96. The van der Waals surface area contributed by atoms with Gasteiger partial charge in [0.2, 0.25) is 0 Å². The van der Waals surface area contributed by atoms with Crippen LogP contribution in [0.1, 0.15) is 29.7 Å². The number of rotatable bonds is 5. The van der Waals surface area contributed by atoms with Gasteiger partial charge >= 0.3 is 5.97 Å². The molecular formula is C23H23Cl2N5O3. The molecule has 1 aliphatic heterocycles. The number of hydrogen-bond donors (Lipinski definition) is 2. The number of carbonyl (C=O) groups is 1. The highest BCUT2D eigenvalue weighted by Crippen LogP contribution is 2.35. The summed E-state index contributed by atoms with van der Waals surface area (Å²) in [6.07, 6.45) is 1.50. The Balaban J connectivity index is 0.00000306. The molecule has 1 aromatic heterocycles. The van der Waals surface area contributed by atoms with Crippen molar-refractivity contribution in [2.24, 2.45) is 5.92 Å². The third-order valence-corrected chi connectivity index (χ3v) is 6.19. The Kier molecular flexibility index (Phi) is 7.46. The van der Waals surface area contributed by atoms with Crippen LogP contribution in [0.25, 0.3) is 10.8 Å².